The topological polar surface area (TPSA) is 88.1 Å². The summed E-state index contributed by atoms with van der Waals surface area (Å²) in [7, 11) is -3.98. The Morgan fingerprint density at radius 3 is 1.55 bits per heavy atom. The number of hydrogen-bond donors (Lipinski definition) is 0. The van der Waals surface area contributed by atoms with Gasteiger partial charge in [0, 0.05) is 19.3 Å². The van der Waals surface area contributed by atoms with E-state index in [1.165, 1.54) is 44.1 Å². The highest BCUT2D eigenvalue weighted by Crippen LogP contribution is 2.38. The predicted molar refractivity (Wildman–Crippen MR) is 177 cm³/mol. The van der Waals surface area contributed by atoms with Crippen molar-refractivity contribution in [2.45, 2.75) is 162 Å². The number of rotatable bonds is 23. The van der Waals surface area contributed by atoms with Gasteiger partial charge in [0.25, 0.3) is 17.9 Å². The maximum Gasteiger partial charge on any atom is 0.705 e. The summed E-state index contributed by atoms with van der Waals surface area (Å²) in [6, 6.07) is 8.53. The molecule has 0 bridgehead atoms. The van der Waals surface area contributed by atoms with Gasteiger partial charge in [-0.05, 0) is 80.9 Å². The van der Waals surface area contributed by atoms with Crippen LogP contribution in [0.1, 0.15) is 161 Å². The molecule has 1 saturated carbocycles. The van der Waals surface area contributed by atoms with Crippen molar-refractivity contribution in [2.75, 3.05) is 6.61 Å². The van der Waals surface area contributed by atoms with Crippen molar-refractivity contribution in [2.24, 2.45) is 5.92 Å². The normalized spacial score (nSPS) is 16.7. The molecule has 1 aromatic carbocycles. The SMILES string of the molecule is CCCCCC(=O)O[Si](CCCOc1ccc([C@H]2CC[C@H](CCC)CC2)cc1)(OC(=O)CCCCC)OC(=O)CCCCC. The summed E-state index contributed by atoms with van der Waals surface area (Å²) in [5, 5.41) is 0. The number of ether oxygens (including phenoxy) is 1. The van der Waals surface area contributed by atoms with Gasteiger partial charge in [-0.25, -0.2) is 0 Å². The molecule has 0 spiro atoms. The quantitative estimate of drug-likeness (QED) is 0.0876. The first-order chi connectivity index (χ1) is 21.3. The summed E-state index contributed by atoms with van der Waals surface area (Å²) in [4.78, 5) is 38.6. The summed E-state index contributed by atoms with van der Waals surface area (Å²) < 4.78 is 23.6. The molecule has 0 unspecified atom stereocenters. The van der Waals surface area contributed by atoms with E-state index in [-0.39, 0.29) is 25.3 Å². The minimum atomic E-state index is -3.98. The van der Waals surface area contributed by atoms with Crippen LogP contribution in [0.25, 0.3) is 0 Å². The fourth-order valence-electron chi connectivity index (χ4n) is 5.95. The van der Waals surface area contributed by atoms with Crippen molar-refractivity contribution >= 4 is 26.7 Å². The lowest BCUT2D eigenvalue weighted by atomic mass is 9.77. The van der Waals surface area contributed by atoms with Crippen molar-refractivity contribution < 1.29 is 32.4 Å². The zero-order valence-electron chi connectivity index (χ0n) is 28.2. The van der Waals surface area contributed by atoms with E-state index in [4.69, 9.17) is 18.0 Å². The Kier molecular flexibility index (Phi) is 19.1. The van der Waals surface area contributed by atoms with Crippen LogP contribution >= 0.6 is 0 Å². The van der Waals surface area contributed by atoms with E-state index in [1.807, 2.05) is 12.1 Å². The van der Waals surface area contributed by atoms with Gasteiger partial charge in [0.15, 0.2) is 0 Å². The molecule has 0 aromatic heterocycles. The second-order valence-corrected chi connectivity index (χ2v) is 15.0. The molecule has 8 heteroatoms. The van der Waals surface area contributed by atoms with Gasteiger partial charge < -0.3 is 18.0 Å². The molecule has 7 nitrogen and oxygen atoms in total. The second kappa shape index (κ2) is 22.2. The van der Waals surface area contributed by atoms with Crippen LogP contribution in [-0.4, -0.2) is 33.3 Å². The van der Waals surface area contributed by atoms with Gasteiger partial charge in [0.05, 0.1) is 12.7 Å². The van der Waals surface area contributed by atoms with E-state index in [0.717, 1.165) is 50.2 Å². The molecule has 1 aliphatic carbocycles. The van der Waals surface area contributed by atoms with E-state index < -0.39 is 26.7 Å². The Labute approximate surface area is 268 Å². The van der Waals surface area contributed by atoms with Crippen LogP contribution in [0, 0.1) is 5.92 Å². The first-order valence-electron chi connectivity index (χ1n) is 17.7. The molecule has 250 valence electrons. The summed E-state index contributed by atoms with van der Waals surface area (Å²) in [5.74, 6) is 0.839. The lowest BCUT2D eigenvalue weighted by molar-refractivity contribution is -0.151. The van der Waals surface area contributed by atoms with Crippen LogP contribution in [0.5, 0.6) is 5.75 Å². The standard InChI is InChI=1S/C36H60O7Si/c1-5-9-12-17-34(37)41-44(42-35(38)18-13-10-6-2,43-36(39)19-14-11-7-3)29-15-28-40-33-26-24-32(25-27-33)31-22-20-30(16-8-4)21-23-31/h24-27,30-31H,5-23,28-29H2,1-4H3/t30-,31-. The number of benzene rings is 1. The highest BCUT2D eigenvalue weighted by atomic mass is 28.4. The smallest absolute Gasteiger partial charge is 0.494 e. The van der Waals surface area contributed by atoms with Gasteiger partial charge in [-0.2, -0.15) is 0 Å². The monoisotopic (exact) mass is 632 g/mol. The highest BCUT2D eigenvalue weighted by Gasteiger charge is 2.52. The molecule has 44 heavy (non-hydrogen) atoms. The van der Waals surface area contributed by atoms with E-state index in [0.29, 0.717) is 38.2 Å². The lowest BCUT2D eigenvalue weighted by Crippen LogP contribution is -2.50. The Balaban J connectivity index is 2.05. The van der Waals surface area contributed by atoms with Crippen LogP contribution in [0.3, 0.4) is 0 Å². The van der Waals surface area contributed by atoms with Crippen LogP contribution in [0.4, 0.5) is 0 Å². The maximum atomic E-state index is 12.9. The Morgan fingerprint density at radius 2 is 1.11 bits per heavy atom. The predicted octanol–water partition coefficient (Wildman–Crippen LogP) is 9.84. The maximum absolute atomic E-state index is 12.9. The molecule has 0 aliphatic heterocycles. The van der Waals surface area contributed by atoms with Crippen molar-refractivity contribution in [3.63, 3.8) is 0 Å². The van der Waals surface area contributed by atoms with E-state index >= 15 is 0 Å². The fraction of sp³-hybridized carbons (Fsp3) is 0.750. The Hall–Kier alpha value is -2.35. The van der Waals surface area contributed by atoms with E-state index in [9.17, 15) is 14.4 Å². The minimum absolute atomic E-state index is 0.143. The zero-order valence-corrected chi connectivity index (χ0v) is 29.2. The molecule has 0 saturated heterocycles. The fourth-order valence-corrected chi connectivity index (χ4v) is 8.31. The molecular formula is C36H60O7Si. The van der Waals surface area contributed by atoms with Gasteiger partial charge in [-0.3, -0.25) is 14.4 Å². The summed E-state index contributed by atoms with van der Waals surface area (Å²) in [6.45, 7) is 8.78. The molecule has 0 amide bonds. The van der Waals surface area contributed by atoms with Crippen LogP contribution in [-0.2, 0) is 27.7 Å². The molecule has 1 fully saturated rings. The number of carbonyl (C=O) groups excluding carboxylic acids is 3. The molecule has 1 aliphatic rings. The van der Waals surface area contributed by atoms with E-state index in [2.05, 4.69) is 39.8 Å². The van der Waals surface area contributed by atoms with Gasteiger partial charge in [0.2, 0.25) is 0 Å². The third-order valence-corrected chi connectivity index (χ3v) is 11.1. The van der Waals surface area contributed by atoms with Crippen LogP contribution in [0.2, 0.25) is 6.04 Å². The first kappa shape index (κ1) is 37.8. The third-order valence-electron chi connectivity index (χ3n) is 8.55. The molecule has 0 heterocycles. The molecule has 2 rings (SSSR count). The van der Waals surface area contributed by atoms with Crippen LogP contribution in [0.15, 0.2) is 24.3 Å². The van der Waals surface area contributed by atoms with Crippen molar-refractivity contribution in [3.8, 4) is 5.75 Å². The molecule has 0 radical (unpaired) electrons. The first-order valence-corrected chi connectivity index (χ1v) is 19.7. The van der Waals surface area contributed by atoms with Gasteiger partial charge in [-0.1, -0.05) is 91.2 Å². The summed E-state index contributed by atoms with van der Waals surface area (Å²) in [6.07, 6.45) is 16.4. The molecule has 1 aromatic rings. The zero-order chi connectivity index (χ0) is 32.0. The van der Waals surface area contributed by atoms with Gasteiger partial charge in [0.1, 0.15) is 5.75 Å². The largest absolute Gasteiger partial charge is 0.705 e. The van der Waals surface area contributed by atoms with E-state index in [1.54, 1.807) is 0 Å². The number of carbonyl (C=O) groups is 3. The van der Waals surface area contributed by atoms with Crippen molar-refractivity contribution in [1.82, 2.24) is 0 Å². The highest BCUT2D eigenvalue weighted by molar-refractivity contribution is 6.65. The Bertz CT molecular complexity index is 880. The minimum Gasteiger partial charge on any atom is -0.494 e. The number of unbranched alkanes of at least 4 members (excludes halogenated alkanes) is 6. The molecular weight excluding hydrogens is 572 g/mol. The van der Waals surface area contributed by atoms with Gasteiger partial charge in [-0.15, -0.1) is 0 Å². The second-order valence-electron chi connectivity index (χ2n) is 12.5. The average Bonchev–Trinajstić information content (AvgIpc) is 3.00. The molecule has 0 N–H and O–H groups in total. The lowest BCUT2D eigenvalue weighted by Gasteiger charge is -2.28. The summed E-state index contributed by atoms with van der Waals surface area (Å²) >= 11 is 0. The Morgan fingerprint density at radius 1 is 0.636 bits per heavy atom. The third kappa shape index (κ3) is 15.1. The van der Waals surface area contributed by atoms with Crippen molar-refractivity contribution in [1.29, 1.82) is 0 Å². The average molecular weight is 633 g/mol. The van der Waals surface area contributed by atoms with Crippen molar-refractivity contribution in [3.05, 3.63) is 29.8 Å². The molecule has 0 atom stereocenters. The summed E-state index contributed by atoms with van der Waals surface area (Å²) in [5.41, 5.74) is 1.37. The van der Waals surface area contributed by atoms with Crippen LogP contribution < -0.4 is 4.74 Å². The number of hydrogen-bond acceptors (Lipinski definition) is 7. The van der Waals surface area contributed by atoms with Gasteiger partial charge >= 0.3 is 8.80 Å².